The number of cyclic esters (lactones) is 1. The van der Waals surface area contributed by atoms with Gasteiger partial charge in [0.05, 0.1) is 79.2 Å². The number of hydrogen-bond donors (Lipinski definition) is 5. The maximum absolute atomic E-state index is 14.4. The lowest BCUT2D eigenvalue weighted by molar-refractivity contribution is -0.292. The summed E-state index contributed by atoms with van der Waals surface area (Å²) in [4.78, 5) is 33.2. The van der Waals surface area contributed by atoms with Gasteiger partial charge in [0.15, 0.2) is 12.6 Å². The van der Waals surface area contributed by atoms with E-state index in [4.69, 9.17) is 38.9 Å². The zero-order valence-electron chi connectivity index (χ0n) is 47.4. The molecule has 0 spiro atoms. The molecule has 6 N–H and O–H groups in total. The molecule has 20 heteroatoms. The highest BCUT2D eigenvalue weighted by molar-refractivity contribution is 5.83. The van der Waals surface area contributed by atoms with Gasteiger partial charge in [-0.05, 0) is 84.5 Å². The normalized spacial score (nSPS) is 37.5. The van der Waals surface area contributed by atoms with Gasteiger partial charge in [-0.15, -0.1) is 5.10 Å². The van der Waals surface area contributed by atoms with Gasteiger partial charge in [0, 0.05) is 95.9 Å². The molecule has 6 rings (SSSR count). The number of hydrogen-bond acceptors (Lipinski definition) is 19. The molecule has 1 aromatic carbocycles. The summed E-state index contributed by atoms with van der Waals surface area (Å²) in [6.07, 6.45) is -3.57. The fourth-order valence-corrected chi connectivity index (χ4v) is 11.6. The first-order valence-electron chi connectivity index (χ1n) is 27.2. The van der Waals surface area contributed by atoms with Crippen LogP contribution < -0.4 is 10.6 Å². The third-order valence-corrected chi connectivity index (χ3v) is 16.5. The van der Waals surface area contributed by atoms with Crippen LogP contribution >= 0.6 is 0 Å². The Kier molecular flexibility index (Phi) is 23.4. The minimum absolute atomic E-state index is 0.00855. The first-order valence-corrected chi connectivity index (χ1v) is 27.2. The third-order valence-electron chi connectivity index (χ3n) is 16.5. The van der Waals surface area contributed by atoms with Crippen LogP contribution in [0, 0.1) is 29.6 Å². The first-order chi connectivity index (χ1) is 35.4. The molecular formula is C55H94N6O14. The van der Waals surface area contributed by atoms with Crippen molar-refractivity contribution in [1.29, 1.82) is 0 Å². The molecule has 19 atom stereocenters. The number of aliphatic hydroxyl groups is 4. The molecule has 5 heterocycles. The average Bonchev–Trinajstić information content (AvgIpc) is 3.86. The molecule has 0 aliphatic carbocycles. The van der Waals surface area contributed by atoms with E-state index < -0.39 is 102 Å². The van der Waals surface area contributed by atoms with Crippen LogP contribution in [0.4, 0.5) is 5.69 Å². The van der Waals surface area contributed by atoms with Crippen LogP contribution in [0.25, 0.3) is 0 Å². The minimum Gasteiger partial charge on any atom is -0.460 e. The summed E-state index contributed by atoms with van der Waals surface area (Å²) in [7, 11) is 6.88. The molecule has 20 nitrogen and oxygen atoms in total. The van der Waals surface area contributed by atoms with Crippen molar-refractivity contribution in [3.05, 3.63) is 41.7 Å². The molecule has 1 aromatic heterocycles. The largest absolute Gasteiger partial charge is 0.460 e. The van der Waals surface area contributed by atoms with Crippen LogP contribution in [0.15, 0.2) is 30.5 Å². The van der Waals surface area contributed by atoms with E-state index in [0.29, 0.717) is 63.1 Å². The SMILES string of the molecule is CC[C@H]1OC(=O)[C@H](C)[C@@H](O[C@H]2C[C@H](C)[C@@H](O)C(C)O2)[C@H](C)[C@@H](OC2CC(N(C)CCc3cn([C@H](CO)[C@H](O)c4ccc(N5CCOCC5)cc4)nn3)CC(C)O2)[C@](C)(OC)C[C@@H](C)C(=O)C(C)C(O)[C@]1(C)N.COC. The Hall–Kier alpha value is -3.22. The summed E-state index contributed by atoms with van der Waals surface area (Å²) in [6, 6.07) is 6.99. The van der Waals surface area contributed by atoms with Crippen LogP contribution in [0.2, 0.25) is 0 Å². The van der Waals surface area contributed by atoms with Crippen LogP contribution in [0.1, 0.15) is 125 Å². The van der Waals surface area contributed by atoms with E-state index in [1.807, 2.05) is 72.9 Å². The Bertz CT molecular complexity index is 2030. The molecular weight excluding hydrogens is 969 g/mol. The summed E-state index contributed by atoms with van der Waals surface area (Å²) in [6.45, 7) is 21.5. The van der Waals surface area contributed by atoms with E-state index >= 15 is 0 Å². The van der Waals surface area contributed by atoms with Crippen LogP contribution in [0.3, 0.4) is 0 Å². The number of benzene rings is 1. The lowest BCUT2D eigenvalue weighted by Gasteiger charge is -2.48. The van der Waals surface area contributed by atoms with Gasteiger partial charge in [0.1, 0.15) is 24.0 Å². The van der Waals surface area contributed by atoms with Crippen molar-refractivity contribution in [2.24, 2.45) is 35.3 Å². The number of carbonyl (C=O) groups excluding carboxylic acids is 2. The number of esters is 1. The third kappa shape index (κ3) is 15.5. The number of likely N-dealkylation sites (N-methyl/N-ethyl adjacent to an activating group) is 1. The van der Waals surface area contributed by atoms with Gasteiger partial charge in [-0.25, -0.2) is 4.68 Å². The highest BCUT2D eigenvalue weighted by atomic mass is 16.7. The Morgan fingerprint density at radius 1 is 0.920 bits per heavy atom. The molecule has 4 aliphatic heterocycles. The van der Waals surface area contributed by atoms with Gasteiger partial charge in [0.25, 0.3) is 0 Å². The Morgan fingerprint density at radius 3 is 2.16 bits per heavy atom. The van der Waals surface area contributed by atoms with E-state index in [9.17, 15) is 30.0 Å². The number of aliphatic hydroxyl groups excluding tert-OH is 4. The number of rotatable bonds is 15. The van der Waals surface area contributed by atoms with Crippen LogP contribution in [0.5, 0.6) is 0 Å². The summed E-state index contributed by atoms with van der Waals surface area (Å²) >= 11 is 0. The zero-order valence-corrected chi connectivity index (χ0v) is 47.4. The molecule has 0 amide bonds. The predicted octanol–water partition coefficient (Wildman–Crippen LogP) is 4.24. The van der Waals surface area contributed by atoms with Gasteiger partial charge < -0.3 is 73.9 Å². The van der Waals surface area contributed by atoms with Crippen molar-refractivity contribution < 1.29 is 67.9 Å². The van der Waals surface area contributed by atoms with Gasteiger partial charge in [-0.3, -0.25) is 9.59 Å². The number of ketones is 1. The number of Topliss-reactive ketones (excluding diaryl/α,β-unsaturated/α-hetero) is 1. The Labute approximate surface area is 446 Å². The quantitative estimate of drug-likeness (QED) is 0.157. The van der Waals surface area contributed by atoms with Crippen molar-refractivity contribution in [1.82, 2.24) is 19.9 Å². The van der Waals surface area contributed by atoms with E-state index in [0.717, 1.165) is 18.8 Å². The topological polar surface area (TPSA) is 252 Å². The van der Waals surface area contributed by atoms with E-state index in [1.54, 1.807) is 55.2 Å². The van der Waals surface area contributed by atoms with Crippen molar-refractivity contribution in [3.63, 3.8) is 0 Å². The van der Waals surface area contributed by atoms with Crippen molar-refractivity contribution in [2.75, 3.05) is 72.7 Å². The molecule has 0 radical (unpaired) electrons. The van der Waals surface area contributed by atoms with E-state index in [-0.39, 0.29) is 36.9 Å². The van der Waals surface area contributed by atoms with E-state index in [2.05, 4.69) is 24.8 Å². The van der Waals surface area contributed by atoms with Crippen LogP contribution in [-0.4, -0.2) is 192 Å². The molecule has 4 fully saturated rings. The van der Waals surface area contributed by atoms with Gasteiger partial charge >= 0.3 is 5.97 Å². The predicted molar refractivity (Wildman–Crippen MR) is 282 cm³/mol. The first kappa shape index (κ1) is 62.6. The van der Waals surface area contributed by atoms with E-state index in [1.165, 1.54) is 4.68 Å². The molecule has 4 saturated heterocycles. The molecule has 75 heavy (non-hydrogen) atoms. The van der Waals surface area contributed by atoms with Gasteiger partial charge in [-0.1, -0.05) is 52.0 Å². The maximum Gasteiger partial charge on any atom is 0.311 e. The Morgan fingerprint density at radius 2 is 1.56 bits per heavy atom. The maximum atomic E-state index is 14.4. The monoisotopic (exact) mass is 1060 g/mol. The number of carbonyl (C=O) groups is 2. The molecule has 4 aliphatic rings. The fraction of sp³-hybridized carbons (Fsp3) is 0.818. The average molecular weight is 1060 g/mol. The zero-order chi connectivity index (χ0) is 55.5. The van der Waals surface area contributed by atoms with Crippen molar-refractivity contribution in [3.8, 4) is 0 Å². The number of nitrogens with zero attached hydrogens (tertiary/aromatic N) is 5. The lowest BCUT2D eigenvalue weighted by atomic mass is 9.73. The number of ether oxygens (including phenoxy) is 8. The smallest absolute Gasteiger partial charge is 0.311 e. The molecule has 0 saturated carbocycles. The van der Waals surface area contributed by atoms with Gasteiger partial charge in [-0.2, -0.15) is 0 Å². The number of morpholine rings is 1. The van der Waals surface area contributed by atoms with Crippen molar-refractivity contribution in [2.45, 2.75) is 192 Å². The molecule has 428 valence electrons. The molecule has 6 unspecified atom stereocenters. The standard InChI is InChI=1S/C53H88N6O13.C2H6O/c1-13-42-53(10,54)49(64)33(5)45(61)31(3)27-52(9,66-12)50(34(6)48(35(7)51(65)70-42)71-43-24-30(2)46(62)36(8)69-43)72-44-26-40(25-32(4)68-44)57(11)19-18-38-28-59(56-55-38)41(29-60)47(63)37-14-16-39(17-15-37)58-20-22-67-23-21-58;1-3-2/h14-17,28,30-36,40-44,46-50,60,62-64H,13,18-27,29,54H2,1-12H3;1-2H3/t30-,31+,32?,33?,34-,35+,36?,40?,41+,42+,43-,44?,46+,47+,48-,49?,50+,52+,53+;/m0./s1. The van der Waals surface area contributed by atoms with Crippen molar-refractivity contribution >= 4 is 17.4 Å². The summed E-state index contributed by atoms with van der Waals surface area (Å²) in [5.74, 6) is -3.98. The lowest BCUT2D eigenvalue weighted by Crippen LogP contribution is -2.62. The molecule has 2 aromatic rings. The summed E-state index contributed by atoms with van der Waals surface area (Å²) in [5, 5.41) is 53.1. The highest BCUT2D eigenvalue weighted by Gasteiger charge is 2.52. The summed E-state index contributed by atoms with van der Waals surface area (Å²) < 4.78 is 50.8. The second-order valence-corrected chi connectivity index (χ2v) is 22.5. The minimum atomic E-state index is -1.46. The second kappa shape index (κ2) is 28.1. The van der Waals surface area contributed by atoms with Crippen LogP contribution in [-0.2, 0) is 53.9 Å². The molecule has 0 bridgehead atoms. The second-order valence-electron chi connectivity index (χ2n) is 22.5. The number of methoxy groups -OCH3 is 2. The number of aromatic nitrogens is 3. The number of nitrogens with two attached hydrogens (primary N) is 1. The van der Waals surface area contributed by atoms with Gasteiger partial charge in [0.2, 0.25) is 0 Å². The highest BCUT2D eigenvalue weighted by Crippen LogP contribution is 2.41. The fourth-order valence-electron chi connectivity index (χ4n) is 11.6. The Balaban J connectivity index is 0.00000338. The number of anilines is 1. The summed E-state index contributed by atoms with van der Waals surface area (Å²) in [5.41, 5.74) is 6.61.